The molecule has 0 unspecified atom stereocenters. The smallest absolute Gasteiger partial charge is 0.121 e. The van der Waals surface area contributed by atoms with Gasteiger partial charge in [-0.15, -0.1) is 0 Å². The fourth-order valence-corrected chi connectivity index (χ4v) is 2.19. The highest BCUT2D eigenvalue weighted by Gasteiger charge is 1.94. The second kappa shape index (κ2) is 3.57. The summed E-state index contributed by atoms with van der Waals surface area (Å²) in [6, 6.07) is 5.94. The summed E-state index contributed by atoms with van der Waals surface area (Å²) >= 11 is 5.61. The monoisotopic (exact) mass is 312 g/mol. The largest absolute Gasteiger partial charge is 0.497 e. The Morgan fingerprint density at radius 3 is 2.60 bits per heavy atom. The molecule has 1 aromatic carbocycles. The van der Waals surface area contributed by atoms with Crippen LogP contribution in [0.15, 0.2) is 22.7 Å². The van der Waals surface area contributed by atoms with Gasteiger partial charge in [-0.2, -0.15) is 0 Å². The van der Waals surface area contributed by atoms with Gasteiger partial charge in [0.2, 0.25) is 0 Å². The minimum atomic E-state index is 0.888. The number of ether oxygens (including phenoxy) is 1. The lowest BCUT2D eigenvalue weighted by molar-refractivity contribution is 0.414. The van der Waals surface area contributed by atoms with Crippen LogP contribution >= 0.6 is 38.5 Å². The summed E-state index contributed by atoms with van der Waals surface area (Å²) in [6.45, 7) is 0. The van der Waals surface area contributed by atoms with Gasteiger partial charge in [-0.1, -0.05) is 15.9 Å². The third-order valence-electron chi connectivity index (χ3n) is 1.07. The van der Waals surface area contributed by atoms with E-state index in [0.29, 0.717) is 0 Å². The second-order valence-corrected chi connectivity index (χ2v) is 3.97. The number of rotatable bonds is 1. The van der Waals surface area contributed by atoms with Crippen molar-refractivity contribution >= 4 is 38.5 Å². The van der Waals surface area contributed by atoms with Crippen molar-refractivity contribution in [2.24, 2.45) is 0 Å². The first-order valence-electron chi connectivity index (χ1n) is 2.72. The third-order valence-corrected chi connectivity index (χ3v) is 2.15. The molecular weight excluding hydrogens is 307 g/mol. The molecule has 0 saturated heterocycles. The SMILES string of the molecule is COc1cc(Br)cc(I)c1. The standard InChI is InChI=1S/C7H6BrIO/c1-10-7-3-5(8)2-6(9)4-7/h2-4H,1H3. The zero-order valence-corrected chi connectivity index (χ0v) is 9.14. The Morgan fingerprint density at radius 2 is 2.10 bits per heavy atom. The fraction of sp³-hybridized carbons (Fsp3) is 0.143. The number of halogens is 2. The number of methoxy groups -OCH3 is 1. The highest BCUT2D eigenvalue weighted by atomic mass is 127. The maximum absolute atomic E-state index is 5.04. The van der Waals surface area contributed by atoms with Gasteiger partial charge in [-0.05, 0) is 40.8 Å². The molecule has 0 fully saturated rings. The molecule has 0 aliphatic heterocycles. The third kappa shape index (κ3) is 2.12. The molecule has 0 spiro atoms. The van der Waals surface area contributed by atoms with E-state index >= 15 is 0 Å². The van der Waals surface area contributed by atoms with Gasteiger partial charge in [0.1, 0.15) is 5.75 Å². The zero-order valence-electron chi connectivity index (χ0n) is 5.40. The van der Waals surface area contributed by atoms with Crippen LogP contribution in [0.2, 0.25) is 0 Å². The Hall–Kier alpha value is 0.230. The van der Waals surface area contributed by atoms with Crippen molar-refractivity contribution in [2.75, 3.05) is 7.11 Å². The summed E-state index contributed by atoms with van der Waals surface area (Å²) in [5.74, 6) is 0.888. The van der Waals surface area contributed by atoms with Crippen LogP contribution in [-0.2, 0) is 0 Å². The average molecular weight is 313 g/mol. The molecule has 0 atom stereocenters. The molecule has 0 bridgehead atoms. The summed E-state index contributed by atoms with van der Waals surface area (Å²) < 4.78 is 7.26. The van der Waals surface area contributed by atoms with Crippen molar-refractivity contribution < 1.29 is 4.74 Å². The summed E-state index contributed by atoms with van der Waals surface area (Å²) in [7, 11) is 1.66. The van der Waals surface area contributed by atoms with Crippen molar-refractivity contribution in [2.45, 2.75) is 0 Å². The minimum absolute atomic E-state index is 0.888. The minimum Gasteiger partial charge on any atom is -0.497 e. The maximum atomic E-state index is 5.04. The highest BCUT2D eigenvalue weighted by Crippen LogP contribution is 2.21. The quantitative estimate of drug-likeness (QED) is 0.724. The van der Waals surface area contributed by atoms with Crippen LogP contribution in [-0.4, -0.2) is 7.11 Å². The zero-order chi connectivity index (χ0) is 7.56. The number of hydrogen-bond acceptors (Lipinski definition) is 1. The van der Waals surface area contributed by atoms with E-state index in [-0.39, 0.29) is 0 Å². The Kier molecular flexibility index (Phi) is 2.97. The van der Waals surface area contributed by atoms with Gasteiger partial charge in [0.25, 0.3) is 0 Å². The molecule has 1 nitrogen and oxygen atoms in total. The van der Waals surface area contributed by atoms with E-state index in [2.05, 4.69) is 38.5 Å². The molecule has 0 saturated carbocycles. The first-order chi connectivity index (χ1) is 4.72. The summed E-state index contributed by atoms with van der Waals surface area (Å²) in [6.07, 6.45) is 0. The van der Waals surface area contributed by atoms with Crippen LogP contribution in [0.5, 0.6) is 5.75 Å². The van der Waals surface area contributed by atoms with Gasteiger partial charge in [0.15, 0.2) is 0 Å². The topological polar surface area (TPSA) is 9.23 Å². The molecular formula is C7H6BrIO. The van der Waals surface area contributed by atoms with Gasteiger partial charge in [0, 0.05) is 8.04 Å². The van der Waals surface area contributed by atoms with Gasteiger partial charge < -0.3 is 4.74 Å². The van der Waals surface area contributed by atoms with Crippen LogP contribution in [0.1, 0.15) is 0 Å². The fourth-order valence-electron chi connectivity index (χ4n) is 0.646. The highest BCUT2D eigenvalue weighted by molar-refractivity contribution is 14.1. The van der Waals surface area contributed by atoms with Crippen LogP contribution in [0.3, 0.4) is 0 Å². The summed E-state index contributed by atoms with van der Waals surface area (Å²) in [5, 5.41) is 0. The van der Waals surface area contributed by atoms with Gasteiger partial charge in [-0.3, -0.25) is 0 Å². The maximum Gasteiger partial charge on any atom is 0.121 e. The van der Waals surface area contributed by atoms with E-state index in [0.717, 1.165) is 10.2 Å². The number of hydrogen-bond donors (Lipinski definition) is 0. The Labute approximate surface area is 82.0 Å². The average Bonchev–Trinajstić information content (AvgIpc) is 1.85. The molecule has 10 heavy (non-hydrogen) atoms. The molecule has 0 radical (unpaired) electrons. The van der Waals surface area contributed by atoms with Gasteiger partial charge >= 0.3 is 0 Å². The van der Waals surface area contributed by atoms with E-state index in [1.54, 1.807) is 7.11 Å². The molecule has 0 N–H and O–H groups in total. The molecule has 0 aromatic heterocycles. The number of benzene rings is 1. The Morgan fingerprint density at radius 1 is 1.40 bits per heavy atom. The van der Waals surface area contributed by atoms with Crippen LogP contribution in [0, 0.1) is 3.57 Å². The molecule has 0 heterocycles. The molecule has 0 aliphatic rings. The predicted molar refractivity (Wildman–Crippen MR) is 53.4 cm³/mol. The van der Waals surface area contributed by atoms with Gasteiger partial charge in [-0.25, -0.2) is 0 Å². The molecule has 54 valence electrons. The lowest BCUT2D eigenvalue weighted by Gasteiger charge is -1.99. The van der Waals surface area contributed by atoms with Crippen molar-refractivity contribution in [3.8, 4) is 5.75 Å². The van der Waals surface area contributed by atoms with E-state index in [1.165, 1.54) is 3.57 Å². The Balaban J connectivity index is 3.06. The van der Waals surface area contributed by atoms with Gasteiger partial charge in [0.05, 0.1) is 7.11 Å². The molecule has 1 rings (SSSR count). The van der Waals surface area contributed by atoms with E-state index < -0.39 is 0 Å². The van der Waals surface area contributed by atoms with Crippen molar-refractivity contribution in [1.29, 1.82) is 0 Å². The lowest BCUT2D eigenvalue weighted by Crippen LogP contribution is -1.82. The first-order valence-corrected chi connectivity index (χ1v) is 4.59. The molecule has 1 aromatic rings. The molecule has 0 amide bonds. The van der Waals surface area contributed by atoms with Crippen LogP contribution in [0.25, 0.3) is 0 Å². The van der Waals surface area contributed by atoms with Crippen molar-refractivity contribution in [3.05, 3.63) is 26.2 Å². The van der Waals surface area contributed by atoms with E-state index in [4.69, 9.17) is 4.74 Å². The van der Waals surface area contributed by atoms with Crippen molar-refractivity contribution in [1.82, 2.24) is 0 Å². The Bertz CT molecular complexity index is 217. The lowest BCUT2D eigenvalue weighted by atomic mass is 10.3. The van der Waals surface area contributed by atoms with E-state index in [1.807, 2.05) is 18.2 Å². The van der Waals surface area contributed by atoms with Crippen LogP contribution < -0.4 is 4.74 Å². The summed E-state index contributed by atoms with van der Waals surface area (Å²) in [5.41, 5.74) is 0. The first kappa shape index (κ1) is 8.33. The van der Waals surface area contributed by atoms with Crippen LogP contribution in [0.4, 0.5) is 0 Å². The van der Waals surface area contributed by atoms with Crippen molar-refractivity contribution in [3.63, 3.8) is 0 Å². The predicted octanol–water partition coefficient (Wildman–Crippen LogP) is 3.06. The molecule has 3 heteroatoms. The van der Waals surface area contributed by atoms with E-state index in [9.17, 15) is 0 Å². The molecule has 0 aliphatic carbocycles. The second-order valence-electron chi connectivity index (χ2n) is 1.81. The summed E-state index contributed by atoms with van der Waals surface area (Å²) in [4.78, 5) is 0. The normalized spacial score (nSPS) is 9.50.